The van der Waals surface area contributed by atoms with Crippen molar-refractivity contribution >= 4 is 23.7 Å². The topological polar surface area (TPSA) is 120 Å². The Labute approximate surface area is 381 Å². The van der Waals surface area contributed by atoms with Crippen LogP contribution in [0, 0.1) is 0 Å². The fraction of sp³-hybridized carbons (Fsp3) is 0.385. The normalized spacial score (nSPS) is 21.5. The zero-order valence-corrected chi connectivity index (χ0v) is 37.6. The number of halogens is 1. The van der Waals surface area contributed by atoms with Crippen LogP contribution in [0.25, 0.3) is 0 Å². The maximum atomic E-state index is 13.5. The molecule has 0 radical (unpaired) electrons. The van der Waals surface area contributed by atoms with E-state index in [1.165, 1.54) is 0 Å². The molecular formula is C52H58ClNO10. The number of amides is 1. The van der Waals surface area contributed by atoms with Crippen molar-refractivity contribution in [2.24, 2.45) is 0 Å². The van der Waals surface area contributed by atoms with Crippen molar-refractivity contribution in [1.29, 1.82) is 0 Å². The van der Waals surface area contributed by atoms with Crippen molar-refractivity contribution in [3.8, 4) is 5.75 Å². The maximum absolute atomic E-state index is 13.5. The van der Waals surface area contributed by atoms with Gasteiger partial charge in [-0.1, -0.05) is 127 Å². The summed E-state index contributed by atoms with van der Waals surface area (Å²) in [6.07, 6.45) is -3.08. The van der Waals surface area contributed by atoms with E-state index in [1.54, 1.807) is 27.7 Å². The molecule has 0 spiro atoms. The molecule has 2 aliphatic rings. The van der Waals surface area contributed by atoms with Gasteiger partial charge in [-0.25, -0.2) is 9.59 Å². The Bertz CT molecular complexity index is 2210. The van der Waals surface area contributed by atoms with Gasteiger partial charge >= 0.3 is 12.1 Å². The lowest BCUT2D eigenvalue weighted by molar-refractivity contribution is -0.273. The zero-order valence-electron chi connectivity index (χ0n) is 36.9. The molecule has 2 heterocycles. The van der Waals surface area contributed by atoms with Crippen LogP contribution in [0.15, 0.2) is 133 Å². The number of alkyl carbamates (subject to hydrolysis) is 1. The molecule has 5 aromatic carbocycles. The first kappa shape index (κ1) is 46.7. The number of rotatable bonds is 18. The Kier molecular flexibility index (Phi) is 16.5. The fourth-order valence-electron chi connectivity index (χ4n) is 7.63. The first-order chi connectivity index (χ1) is 31.0. The van der Waals surface area contributed by atoms with Gasteiger partial charge in [-0.15, -0.1) is 0 Å². The van der Waals surface area contributed by atoms with Gasteiger partial charge in [0.1, 0.15) is 60.6 Å². The van der Waals surface area contributed by atoms with Gasteiger partial charge in [-0.3, -0.25) is 0 Å². The van der Waals surface area contributed by atoms with E-state index in [2.05, 4.69) is 5.32 Å². The number of carbonyl (C=O) groups is 2. The average molecular weight is 892 g/mol. The van der Waals surface area contributed by atoms with E-state index in [1.807, 2.05) is 133 Å². The minimum Gasteiger partial charge on any atom is -0.488 e. The maximum Gasteiger partial charge on any atom is 0.408 e. The highest BCUT2D eigenvalue weighted by Crippen LogP contribution is 2.40. The Balaban J connectivity index is 1.22. The summed E-state index contributed by atoms with van der Waals surface area (Å²) in [6.45, 7) is 8.61. The molecule has 7 atom stereocenters. The lowest BCUT2D eigenvalue weighted by Crippen LogP contribution is -2.58. The second-order valence-electron chi connectivity index (χ2n) is 17.2. The van der Waals surface area contributed by atoms with Crippen LogP contribution < -0.4 is 10.1 Å². The predicted octanol–water partition coefficient (Wildman–Crippen LogP) is 9.75. The smallest absolute Gasteiger partial charge is 0.408 e. The standard InChI is InChI=1S/C52H58ClNO10/c1-35(54-51(56)64-52(2,3)4)50(55)61-34-45-47(58-30-37-14-8-5-9-15-37)49(60-32-39-18-12-7-13-19-39)48(59-31-38-16-10-6-11-17-38)46(63-45)40-22-25-44(53)41(29-40)28-36-20-23-42(24-21-36)62-43-26-27-57-33-43/h5-25,29,35,43,45-49H,26-28,30-34H2,1-4H3,(H,54,56)/t35-,43+,45+,46-,47+,48-,49-/m0/s1. The molecular weight excluding hydrogens is 834 g/mol. The van der Waals surface area contributed by atoms with E-state index in [4.69, 9.17) is 49.5 Å². The van der Waals surface area contributed by atoms with Crippen LogP contribution in [0.2, 0.25) is 5.02 Å². The molecule has 64 heavy (non-hydrogen) atoms. The number of hydrogen-bond acceptors (Lipinski definition) is 10. The van der Waals surface area contributed by atoms with Gasteiger partial charge in [0.25, 0.3) is 0 Å². The summed E-state index contributed by atoms with van der Waals surface area (Å²) >= 11 is 6.94. The third-order valence-electron chi connectivity index (χ3n) is 10.9. The molecule has 5 aromatic rings. The fourth-order valence-corrected chi connectivity index (χ4v) is 7.82. The Morgan fingerprint density at radius 3 is 1.88 bits per heavy atom. The van der Waals surface area contributed by atoms with Crippen molar-refractivity contribution in [2.45, 2.75) is 109 Å². The number of nitrogens with one attached hydrogen (secondary N) is 1. The van der Waals surface area contributed by atoms with Crippen LogP contribution in [-0.4, -0.2) is 74.0 Å². The Hall–Kier alpha value is -5.27. The first-order valence-electron chi connectivity index (χ1n) is 21.9. The van der Waals surface area contributed by atoms with Gasteiger partial charge in [0.05, 0.1) is 33.0 Å². The highest BCUT2D eigenvalue weighted by atomic mass is 35.5. The number of benzene rings is 5. The van der Waals surface area contributed by atoms with E-state index in [9.17, 15) is 9.59 Å². The third kappa shape index (κ3) is 13.6. The van der Waals surface area contributed by atoms with E-state index in [-0.39, 0.29) is 32.5 Å². The zero-order chi connectivity index (χ0) is 44.9. The van der Waals surface area contributed by atoms with Crippen LogP contribution in [-0.2, 0) is 64.2 Å². The van der Waals surface area contributed by atoms with Gasteiger partial charge in [0.2, 0.25) is 0 Å². The van der Waals surface area contributed by atoms with E-state index >= 15 is 0 Å². The van der Waals surface area contributed by atoms with Crippen molar-refractivity contribution < 1.29 is 47.5 Å². The number of ether oxygens (including phenoxy) is 8. The molecule has 0 bridgehead atoms. The molecule has 12 heteroatoms. The molecule has 0 aromatic heterocycles. The summed E-state index contributed by atoms with van der Waals surface area (Å²) in [7, 11) is 0. The quantitative estimate of drug-likeness (QED) is 0.0852. The summed E-state index contributed by atoms with van der Waals surface area (Å²) < 4.78 is 50.6. The third-order valence-corrected chi connectivity index (χ3v) is 11.2. The van der Waals surface area contributed by atoms with Gasteiger partial charge in [0, 0.05) is 11.4 Å². The molecule has 2 fully saturated rings. The van der Waals surface area contributed by atoms with Crippen molar-refractivity contribution in [3.63, 3.8) is 0 Å². The minimum absolute atomic E-state index is 0.0537. The molecule has 0 saturated carbocycles. The average Bonchev–Trinajstić information content (AvgIpc) is 3.81. The van der Waals surface area contributed by atoms with Crippen molar-refractivity contribution in [3.05, 3.63) is 172 Å². The van der Waals surface area contributed by atoms with Gasteiger partial charge in [0.15, 0.2) is 0 Å². The van der Waals surface area contributed by atoms with Crippen LogP contribution in [0.4, 0.5) is 4.79 Å². The number of carbonyl (C=O) groups excluding carboxylic acids is 2. The van der Waals surface area contributed by atoms with Crippen molar-refractivity contribution in [2.75, 3.05) is 19.8 Å². The van der Waals surface area contributed by atoms with Crippen LogP contribution in [0.1, 0.15) is 73.6 Å². The van der Waals surface area contributed by atoms with Crippen LogP contribution >= 0.6 is 11.6 Å². The predicted molar refractivity (Wildman–Crippen MR) is 243 cm³/mol. The number of esters is 1. The molecule has 0 aliphatic carbocycles. The molecule has 338 valence electrons. The molecule has 1 N–H and O–H groups in total. The summed E-state index contributed by atoms with van der Waals surface area (Å²) in [5.74, 6) is 0.124. The summed E-state index contributed by atoms with van der Waals surface area (Å²) in [4.78, 5) is 26.1. The molecule has 0 unspecified atom stereocenters. The second-order valence-corrected chi connectivity index (χ2v) is 17.6. The highest BCUT2D eigenvalue weighted by molar-refractivity contribution is 6.31. The molecule has 2 saturated heterocycles. The van der Waals surface area contributed by atoms with E-state index < -0.39 is 54.2 Å². The molecule has 7 rings (SSSR count). The summed E-state index contributed by atoms with van der Waals surface area (Å²) in [5.41, 5.74) is 4.85. The van der Waals surface area contributed by atoms with Crippen LogP contribution in [0.5, 0.6) is 5.75 Å². The Morgan fingerprint density at radius 2 is 1.31 bits per heavy atom. The Morgan fingerprint density at radius 1 is 0.734 bits per heavy atom. The lowest BCUT2D eigenvalue weighted by atomic mass is 9.89. The molecule has 11 nitrogen and oxygen atoms in total. The van der Waals surface area contributed by atoms with Gasteiger partial charge in [-0.05, 0) is 85.7 Å². The van der Waals surface area contributed by atoms with Crippen LogP contribution in [0.3, 0.4) is 0 Å². The van der Waals surface area contributed by atoms with Gasteiger partial charge in [-0.2, -0.15) is 0 Å². The number of hydrogen-bond donors (Lipinski definition) is 1. The highest BCUT2D eigenvalue weighted by Gasteiger charge is 2.49. The van der Waals surface area contributed by atoms with Crippen molar-refractivity contribution in [1.82, 2.24) is 5.32 Å². The van der Waals surface area contributed by atoms with Gasteiger partial charge < -0.3 is 43.2 Å². The van der Waals surface area contributed by atoms with E-state index in [0.29, 0.717) is 24.7 Å². The first-order valence-corrected chi connectivity index (χ1v) is 22.2. The van der Waals surface area contributed by atoms with E-state index in [0.717, 1.165) is 45.6 Å². The second kappa shape index (κ2) is 22.6. The lowest BCUT2D eigenvalue weighted by Gasteiger charge is -2.46. The molecule has 2 aliphatic heterocycles. The summed E-state index contributed by atoms with van der Waals surface area (Å²) in [5, 5.41) is 3.18. The monoisotopic (exact) mass is 891 g/mol. The summed E-state index contributed by atoms with van der Waals surface area (Å²) in [6, 6.07) is 42.5. The largest absolute Gasteiger partial charge is 0.488 e. The SMILES string of the molecule is C[C@H](NC(=O)OC(C)(C)C)C(=O)OC[C@H]1O[C@@H](c2ccc(Cl)c(Cc3ccc(O[C@@H]4CCOC4)cc3)c2)[C@H](OCc2ccccc2)[C@@H](OCc2ccccc2)[C@@H]1OCc1ccccc1. The molecule has 1 amide bonds. The minimum atomic E-state index is -1.01.